The summed E-state index contributed by atoms with van der Waals surface area (Å²) in [6.45, 7) is 8.39. The van der Waals surface area contributed by atoms with Gasteiger partial charge in [-0.2, -0.15) is 4.31 Å². The minimum Gasteiger partial charge on any atom is -0.351 e. The fourth-order valence-corrected chi connectivity index (χ4v) is 5.15. The number of carbonyl (C=O) groups is 1. The van der Waals surface area contributed by atoms with Crippen molar-refractivity contribution in [2.24, 2.45) is 0 Å². The molecule has 0 spiro atoms. The maximum Gasteiger partial charge on any atom is 0.243 e. The standard InChI is InChI=1S/C22H29N3O3S/c1-17-5-8-20(9-6-17)15-23-22(26)16-24-10-12-25(13-11-24)29(27,28)21-14-18(2)4-7-19(21)3/h4-9,14H,10-13,15-16H2,1-3H3,(H,23,26). The Kier molecular flexibility index (Phi) is 6.72. The number of carbonyl (C=O) groups excluding carboxylic acids is 1. The summed E-state index contributed by atoms with van der Waals surface area (Å²) in [5.74, 6) is -0.0450. The van der Waals surface area contributed by atoms with Gasteiger partial charge in [0, 0.05) is 32.7 Å². The van der Waals surface area contributed by atoms with Gasteiger partial charge in [-0.05, 0) is 43.5 Å². The molecule has 29 heavy (non-hydrogen) atoms. The largest absolute Gasteiger partial charge is 0.351 e. The monoisotopic (exact) mass is 415 g/mol. The Hall–Kier alpha value is -2.22. The number of benzene rings is 2. The molecule has 2 aromatic carbocycles. The lowest BCUT2D eigenvalue weighted by Crippen LogP contribution is -2.51. The molecule has 1 heterocycles. The molecule has 6 nitrogen and oxygen atoms in total. The molecule has 1 saturated heterocycles. The van der Waals surface area contributed by atoms with E-state index in [1.165, 1.54) is 9.87 Å². The van der Waals surface area contributed by atoms with E-state index in [2.05, 4.69) is 5.32 Å². The van der Waals surface area contributed by atoms with Gasteiger partial charge < -0.3 is 5.32 Å². The van der Waals surface area contributed by atoms with Gasteiger partial charge in [0.05, 0.1) is 11.4 Å². The Labute approximate surface area is 173 Å². The third-order valence-electron chi connectivity index (χ3n) is 5.27. The summed E-state index contributed by atoms with van der Waals surface area (Å²) in [6, 6.07) is 13.6. The highest BCUT2D eigenvalue weighted by Crippen LogP contribution is 2.22. The molecule has 3 rings (SSSR count). The molecule has 1 fully saturated rings. The normalized spacial score (nSPS) is 16.0. The van der Waals surface area contributed by atoms with Crippen LogP contribution in [-0.4, -0.2) is 56.3 Å². The summed E-state index contributed by atoms with van der Waals surface area (Å²) in [6.07, 6.45) is 0. The van der Waals surface area contributed by atoms with E-state index in [-0.39, 0.29) is 12.5 Å². The van der Waals surface area contributed by atoms with Crippen LogP contribution < -0.4 is 5.32 Å². The summed E-state index contributed by atoms with van der Waals surface area (Å²) < 4.78 is 27.5. The molecule has 0 radical (unpaired) electrons. The second kappa shape index (κ2) is 9.07. The molecule has 0 bridgehead atoms. The van der Waals surface area contributed by atoms with Crippen molar-refractivity contribution in [3.8, 4) is 0 Å². The number of hydrogen-bond acceptors (Lipinski definition) is 4. The van der Waals surface area contributed by atoms with Crippen LogP contribution in [0.1, 0.15) is 22.3 Å². The first kappa shape index (κ1) is 21.5. The number of aryl methyl sites for hydroxylation is 3. The van der Waals surface area contributed by atoms with Gasteiger partial charge in [0.15, 0.2) is 0 Å². The van der Waals surface area contributed by atoms with Crippen molar-refractivity contribution in [1.82, 2.24) is 14.5 Å². The van der Waals surface area contributed by atoms with Crippen LogP contribution in [0.2, 0.25) is 0 Å². The van der Waals surface area contributed by atoms with E-state index >= 15 is 0 Å². The quantitative estimate of drug-likeness (QED) is 0.786. The van der Waals surface area contributed by atoms with E-state index in [1.807, 2.05) is 62.1 Å². The van der Waals surface area contributed by atoms with Gasteiger partial charge in [-0.1, -0.05) is 42.0 Å². The second-order valence-electron chi connectivity index (χ2n) is 7.71. The van der Waals surface area contributed by atoms with Crippen LogP contribution in [0.25, 0.3) is 0 Å². The maximum atomic E-state index is 13.0. The SMILES string of the molecule is Cc1ccc(CNC(=O)CN2CCN(S(=O)(=O)c3cc(C)ccc3C)CC2)cc1. The van der Waals surface area contributed by atoms with Crippen LogP contribution >= 0.6 is 0 Å². The van der Waals surface area contributed by atoms with E-state index < -0.39 is 10.0 Å². The third kappa shape index (κ3) is 5.44. The lowest BCUT2D eigenvalue weighted by Gasteiger charge is -2.33. The summed E-state index contributed by atoms with van der Waals surface area (Å²) in [7, 11) is -3.51. The molecular weight excluding hydrogens is 386 g/mol. The van der Waals surface area contributed by atoms with Crippen molar-refractivity contribution in [1.29, 1.82) is 0 Å². The Bertz CT molecular complexity index is 963. The number of rotatable bonds is 6. The Balaban J connectivity index is 1.51. The molecule has 1 N–H and O–H groups in total. The predicted octanol–water partition coefficient (Wildman–Crippen LogP) is 2.23. The average Bonchev–Trinajstić information content (AvgIpc) is 2.70. The van der Waals surface area contributed by atoms with E-state index in [1.54, 1.807) is 6.07 Å². The van der Waals surface area contributed by atoms with Crippen molar-refractivity contribution in [3.05, 3.63) is 64.7 Å². The van der Waals surface area contributed by atoms with Crippen LogP contribution in [0, 0.1) is 20.8 Å². The first-order chi connectivity index (χ1) is 13.8. The highest BCUT2D eigenvalue weighted by molar-refractivity contribution is 7.89. The minimum atomic E-state index is -3.51. The first-order valence-electron chi connectivity index (χ1n) is 9.88. The van der Waals surface area contributed by atoms with Gasteiger partial charge in [0.2, 0.25) is 15.9 Å². The zero-order chi connectivity index (χ0) is 21.0. The smallest absolute Gasteiger partial charge is 0.243 e. The number of amides is 1. The van der Waals surface area contributed by atoms with E-state index in [4.69, 9.17) is 0 Å². The second-order valence-corrected chi connectivity index (χ2v) is 9.62. The number of piperazine rings is 1. The van der Waals surface area contributed by atoms with E-state index in [0.717, 1.165) is 16.7 Å². The number of nitrogens with zero attached hydrogens (tertiary/aromatic N) is 2. The van der Waals surface area contributed by atoms with Gasteiger partial charge in [-0.25, -0.2) is 8.42 Å². The molecular formula is C22H29N3O3S. The molecule has 1 amide bonds. The molecule has 0 aromatic heterocycles. The minimum absolute atomic E-state index is 0.0450. The van der Waals surface area contributed by atoms with Crippen LogP contribution in [-0.2, 0) is 21.4 Å². The average molecular weight is 416 g/mol. The molecule has 156 valence electrons. The molecule has 0 saturated carbocycles. The number of sulfonamides is 1. The van der Waals surface area contributed by atoms with E-state index in [0.29, 0.717) is 37.6 Å². The van der Waals surface area contributed by atoms with Gasteiger partial charge in [0.25, 0.3) is 0 Å². The predicted molar refractivity (Wildman–Crippen MR) is 114 cm³/mol. The molecule has 2 aromatic rings. The topological polar surface area (TPSA) is 69.7 Å². The maximum absolute atomic E-state index is 13.0. The van der Waals surface area contributed by atoms with E-state index in [9.17, 15) is 13.2 Å². The highest BCUT2D eigenvalue weighted by Gasteiger charge is 2.30. The van der Waals surface area contributed by atoms with Crippen LogP contribution in [0.15, 0.2) is 47.4 Å². The zero-order valence-electron chi connectivity index (χ0n) is 17.3. The van der Waals surface area contributed by atoms with Crippen molar-refractivity contribution in [2.45, 2.75) is 32.2 Å². The van der Waals surface area contributed by atoms with Crippen LogP contribution in [0.4, 0.5) is 0 Å². The lowest BCUT2D eigenvalue weighted by molar-refractivity contribution is -0.122. The van der Waals surface area contributed by atoms with Crippen molar-refractivity contribution in [3.63, 3.8) is 0 Å². The van der Waals surface area contributed by atoms with Gasteiger partial charge in [-0.3, -0.25) is 9.69 Å². The van der Waals surface area contributed by atoms with Crippen LogP contribution in [0.5, 0.6) is 0 Å². The number of hydrogen-bond donors (Lipinski definition) is 1. The molecule has 0 unspecified atom stereocenters. The Morgan fingerprint density at radius 3 is 2.21 bits per heavy atom. The first-order valence-corrected chi connectivity index (χ1v) is 11.3. The summed E-state index contributed by atoms with van der Waals surface area (Å²) >= 11 is 0. The van der Waals surface area contributed by atoms with Gasteiger partial charge in [-0.15, -0.1) is 0 Å². The molecule has 0 atom stereocenters. The van der Waals surface area contributed by atoms with Crippen LogP contribution in [0.3, 0.4) is 0 Å². The highest BCUT2D eigenvalue weighted by atomic mass is 32.2. The molecule has 1 aliphatic rings. The van der Waals surface area contributed by atoms with Crippen molar-refractivity contribution < 1.29 is 13.2 Å². The summed E-state index contributed by atoms with van der Waals surface area (Å²) in [5.41, 5.74) is 3.94. The summed E-state index contributed by atoms with van der Waals surface area (Å²) in [4.78, 5) is 14.6. The van der Waals surface area contributed by atoms with Crippen molar-refractivity contribution >= 4 is 15.9 Å². The molecule has 0 aliphatic carbocycles. The fourth-order valence-electron chi connectivity index (χ4n) is 3.42. The number of nitrogens with one attached hydrogen (secondary N) is 1. The van der Waals surface area contributed by atoms with Gasteiger partial charge in [0.1, 0.15) is 0 Å². The molecule has 7 heteroatoms. The van der Waals surface area contributed by atoms with Gasteiger partial charge >= 0.3 is 0 Å². The summed E-state index contributed by atoms with van der Waals surface area (Å²) in [5, 5.41) is 2.93. The Morgan fingerprint density at radius 1 is 0.931 bits per heavy atom. The zero-order valence-corrected chi connectivity index (χ0v) is 18.1. The fraction of sp³-hybridized carbons (Fsp3) is 0.409. The molecule has 1 aliphatic heterocycles. The lowest BCUT2D eigenvalue weighted by atomic mass is 10.1. The van der Waals surface area contributed by atoms with Crippen molar-refractivity contribution in [2.75, 3.05) is 32.7 Å². The third-order valence-corrected chi connectivity index (χ3v) is 7.31. The Morgan fingerprint density at radius 2 is 1.55 bits per heavy atom.